The summed E-state index contributed by atoms with van der Waals surface area (Å²) in [6, 6.07) is -0.00729. The van der Waals surface area contributed by atoms with Gasteiger partial charge in [0.15, 0.2) is 5.69 Å². The molecular weight excluding hydrogens is 302 g/mol. The smallest absolute Gasteiger partial charge is 0.355 e. The van der Waals surface area contributed by atoms with Crippen LogP contribution in [0, 0.1) is 0 Å². The normalized spacial score (nSPS) is 20.9. The number of hydrogen-bond acceptors (Lipinski definition) is 5. The predicted molar refractivity (Wildman–Crippen MR) is 74.9 cm³/mol. The third-order valence-electron chi connectivity index (χ3n) is 3.23. The zero-order valence-corrected chi connectivity index (χ0v) is 12.7. The van der Waals surface area contributed by atoms with Crippen LogP contribution in [0.2, 0.25) is 0 Å². The molecule has 1 atom stereocenters. The molecule has 1 aliphatic heterocycles. The lowest BCUT2D eigenvalue weighted by atomic mass is 10.1. The fourth-order valence-corrected chi connectivity index (χ4v) is 4.39. The van der Waals surface area contributed by atoms with Gasteiger partial charge in [-0.15, -0.1) is 11.3 Å². The highest BCUT2D eigenvalue weighted by molar-refractivity contribution is 7.87. The third-order valence-corrected chi connectivity index (χ3v) is 5.75. The summed E-state index contributed by atoms with van der Waals surface area (Å²) in [5.41, 5.74) is -0.0597. The van der Waals surface area contributed by atoms with Crippen LogP contribution in [0.4, 0.5) is 0 Å². The van der Waals surface area contributed by atoms with E-state index in [1.54, 1.807) is 0 Å². The summed E-state index contributed by atoms with van der Waals surface area (Å²) in [4.78, 5) is 14.6. The number of aromatic carboxylic acids is 1. The molecule has 7 nitrogen and oxygen atoms in total. The Kier molecular flexibility index (Phi) is 4.74. The SMILES string of the molecule is CC1CCCCN1S(=O)(=O)NCc1nc(C(=O)O)cs1. The van der Waals surface area contributed by atoms with Gasteiger partial charge < -0.3 is 5.11 Å². The van der Waals surface area contributed by atoms with E-state index in [0.29, 0.717) is 11.6 Å². The lowest BCUT2D eigenvalue weighted by Crippen LogP contribution is -2.47. The largest absolute Gasteiger partial charge is 0.476 e. The van der Waals surface area contributed by atoms with Crippen molar-refractivity contribution in [1.29, 1.82) is 0 Å². The number of nitrogens with zero attached hydrogens (tertiary/aromatic N) is 2. The number of hydrogen-bond donors (Lipinski definition) is 2. The van der Waals surface area contributed by atoms with E-state index < -0.39 is 16.2 Å². The minimum absolute atomic E-state index is 0.00729. The Morgan fingerprint density at radius 3 is 2.95 bits per heavy atom. The molecule has 112 valence electrons. The first-order valence-electron chi connectivity index (χ1n) is 6.34. The predicted octanol–water partition coefficient (Wildman–Crippen LogP) is 1.05. The van der Waals surface area contributed by atoms with Crippen LogP contribution in [0.3, 0.4) is 0 Å². The molecule has 1 unspecified atom stereocenters. The maximum atomic E-state index is 12.2. The van der Waals surface area contributed by atoms with Crippen molar-refractivity contribution in [2.45, 2.75) is 38.8 Å². The highest BCUT2D eigenvalue weighted by Gasteiger charge is 2.29. The summed E-state index contributed by atoms with van der Waals surface area (Å²) in [5.74, 6) is -1.11. The van der Waals surface area contributed by atoms with Gasteiger partial charge in [0, 0.05) is 18.0 Å². The molecule has 20 heavy (non-hydrogen) atoms. The first-order chi connectivity index (χ1) is 9.40. The molecule has 0 bridgehead atoms. The molecule has 2 heterocycles. The van der Waals surface area contributed by atoms with E-state index >= 15 is 0 Å². The summed E-state index contributed by atoms with van der Waals surface area (Å²) in [6.07, 6.45) is 2.77. The average Bonchev–Trinajstić information content (AvgIpc) is 2.86. The quantitative estimate of drug-likeness (QED) is 0.845. The molecule has 2 N–H and O–H groups in total. The number of carbonyl (C=O) groups is 1. The van der Waals surface area contributed by atoms with Gasteiger partial charge in [0.2, 0.25) is 0 Å². The van der Waals surface area contributed by atoms with Gasteiger partial charge in [0.1, 0.15) is 5.01 Å². The summed E-state index contributed by atoms with van der Waals surface area (Å²) >= 11 is 1.13. The molecule has 1 aromatic heterocycles. The van der Waals surface area contributed by atoms with Crippen LogP contribution in [-0.4, -0.2) is 41.4 Å². The molecule has 0 amide bonds. The molecule has 0 spiro atoms. The van der Waals surface area contributed by atoms with Crippen LogP contribution in [0.1, 0.15) is 41.7 Å². The van der Waals surface area contributed by atoms with E-state index in [2.05, 4.69) is 9.71 Å². The molecule has 1 aliphatic rings. The van der Waals surface area contributed by atoms with E-state index in [4.69, 9.17) is 5.11 Å². The lowest BCUT2D eigenvalue weighted by Gasteiger charge is -2.32. The highest BCUT2D eigenvalue weighted by Crippen LogP contribution is 2.19. The number of piperidine rings is 1. The fourth-order valence-electron chi connectivity index (χ4n) is 2.16. The number of carboxylic acids is 1. The minimum Gasteiger partial charge on any atom is -0.476 e. The Balaban J connectivity index is 1.99. The van der Waals surface area contributed by atoms with Gasteiger partial charge in [-0.1, -0.05) is 6.42 Å². The van der Waals surface area contributed by atoms with Crippen molar-refractivity contribution in [2.24, 2.45) is 0 Å². The first kappa shape index (κ1) is 15.4. The van der Waals surface area contributed by atoms with Crippen molar-refractivity contribution in [1.82, 2.24) is 14.0 Å². The van der Waals surface area contributed by atoms with E-state index in [-0.39, 0.29) is 18.3 Å². The molecule has 9 heteroatoms. The van der Waals surface area contributed by atoms with Gasteiger partial charge in [0.05, 0.1) is 6.54 Å². The second kappa shape index (κ2) is 6.17. The van der Waals surface area contributed by atoms with Crippen LogP contribution in [0.5, 0.6) is 0 Å². The Hall–Kier alpha value is -1.03. The van der Waals surface area contributed by atoms with Gasteiger partial charge in [-0.3, -0.25) is 0 Å². The highest BCUT2D eigenvalue weighted by atomic mass is 32.2. The van der Waals surface area contributed by atoms with E-state index in [0.717, 1.165) is 30.6 Å². The van der Waals surface area contributed by atoms with Crippen LogP contribution < -0.4 is 4.72 Å². The Morgan fingerprint density at radius 2 is 2.35 bits per heavy atom. The Labute approximate surface area is 121 Å². The maximum Gasteiger partial charge on any atom is 0.355 e. The molecule has 0 aliphatic carbocycles. The number of carboxylic acid groups (broad SMARTS) is 1. The zero-order valence-electron chi connectivity index (χ0n) is 11.1. The van der Waals surface area contributed by atoms with E-state index in [1.165, 1.54) is 9.69 Å². The van der Waals surface area contributed by atoms with Gasteiger partial charge in [-0.2, -0.15) is 17.4 Å². The van der Waals surface area contributed by atoms with Gasteiger partial charge in [-0.05, 0) is 19.8 Å². The summed E-state index contributed by atoms with van der Waals surface area (Å²) in [6.45, 7) is 2.43. The average molecular weight is 319 g/mol. The number of aromatic nitrogens is 1. The van der Waals surface area contributed by atoms with Crippen LogP contribution >= 0.6 is 11.3 Å². The van der Waals surface area contributed by atoms with E-state index in [9.17, 15) is 13.2 Å². The van der Waals surface area contributed by atoms with Gasteiger partial charge >= 0.3 is 5.97 Å². The van der Waals surface area contributed by atoms with Crippen molar-refractivity contribution < 1.29 is 18.3 Å². The molecule has 1 fully saturated rings. The minimum atomic E-state index is -3.54. The molecular formula is C11H17N3O4S2. The first-order valence-corrected chi connectivity index (χ1v) is 8.66. The van der Waals surface area contributed by atoms with Crippen molar-refractivity contribution in [3.8, 4) is 0 Å². The van der Waals surface area contributed by atoms with Crippen LogP contribution in [-0.2, 0) is 16.8 Å². The summed E-state index contributed by atoms with van der Waals surface area (Å²) in [7, 11) is -3.54. The molecule has 2 rings (SSSR count). The zero-order chi connectivity index (χ0) is 14.8. The Morgan fingerprint density at radius 1 is 1.60 bits per heavy atom. The standard InChI is InChI=1S/C11H17N3O4S2/c1-8-4-2-3-5-14(8)20(17,18)12-6-10-13-9(7-19-10)11(15)16/h7-8,12H,2-6H2,1H3,(H,15,16). The second-order valence-corrected chi connectivity index (χ2v) is 7.36. The summed E-state index contributed by atoms with van der Waals surface area (Å²) < 4.78 is 28.3. The number of nitrogens with one attached hydrogen (secondary N) is 1. The fraction of sp³-hybridized carbons (Fsp3) is 0.636. The Bertz CT molecular complexity index is 584. The van der Waals surface area contributed by atoms with Gasteiger partial charge in [0.25, 0.3) is 10.2 Å². The second-order valence-electron chi connectivity index (χ2n) is 4.71. The third kappa shape index (κ3) is 3.54. The van der Waals surface area contributed by atoms with Crippen LogP contribution in [0.25, 0.3) is 0 Å². The maximum absolute atomic E-state index is 12.2. The number of thiazole rings is 1. The van der Waals surface area contributed by atoms with Crippen molar-refractivity contribution in [3.63, 3.8) is 0 Å². The molecule has 0 aromatic carbocycles. The van der Waals surface area contributed by atoms with Crippen LogP contribution in [0.15, 0.2) is 5.38 Å². The number of rotatable bonds is 5. The monoisotopic (exact) mass is 319 g/mol. The topological polar surface area (TPSA) is 99.6 Å². The van der Waals surface area contributed by atoms with Crippen molar-refractivity contribution in [3.05, 3.63) is 16.1 Å². The van der Waals surface area contributed by atoms with E-state index in [1.807, 2.05) is 6.92 Å². The van der Waals surface area contributed by atoms with Crippen molar-refractivity contribution in [2.75, 3.05) is 6.54 Å². The molecule has 0 radical (unpaired) electrons. The van der Waals surface area contributed by atoms with Crippen molar-refractivity contribution >= 4 is 27.5 Å². The molecule has 0 saturated carbocycles. The molecule has 1 aromatic rings. The van der Waals surface area contributed by atoms with Gasteiger partial charge in [-0.25, -0.2) is 9.78 Å². The lowest BCUT2D eigenvalue weighted by molar-refractivity contribution is 0.0691. The molecule has 1 saturated heterocycles. The summed E-state index contributed by atoms with van der Waals surface area (Å²) in [5, 5.41) is 10.6.